The molecule has 0 spiro atoms. The third-order valence-corrected chi connectivity index (χ3v) is 2.96. The first kappa shape index (κ1) is 11.5. The highest BCUT2D eigenvalue weighted by Crippen LogP contribution is 2.24. The van der Waals surface area contributed by atoms with Crippen LogP contribution in [0.1, 0.15) is 25.5 Å². The van der Waals surface area contributed by atoms with Gasteiger partial charge < -0.3 is 10.1 Å². The molecule has 88 valence electrons. The minimum Gasteiger partial charge on any atom is -0.368 e. The van der Waals surface area contributed by atoms with Crippen molar-refractivity contribution < 1.29 is 13.5 Å². The monoisotopic (exact) mass is 227 g/mol. The van der Waals surface area contributed by atoms with Gasteiger partial charge in [0.15, 0.2) is 0 Å². The fourth-order valence-corrected chi connectivity index (χ4v) is 1.84. The molecule has 0 amide bonds. The maximum Gasteiger partial charge on any atom is 0.126 e. The maximum atomic E-state index is 13.0. The van der Waals surface area contributed by atoms with E-state index in [-0.39, 0.29) is 18.2 Å². The molecule has 0 radical (unpaired) electrons. The average molecular weight is 227 g/mol. The molecule has 1 aromatic carbocycles. The highest BCUT2D eigenvalue weighted by molar-refractivity contribution is 5.21. The van der Waals surface area contributed by atoms with E-state index in [1.807, 2.05) is 13.8 Å². The van der Waals surface area contributed by atoms with Crippen LogP contribution in [-0.2, 0) is 4.74 Å². The first-order valence-corrected chi connectivity index (χ1v) is 5.41. The van der Waals surface area contributed by atoms with Gasteiger partial charge in [-0.3, -0.25) is 0 Å². The van der Waals surface area contributed by atoms with Crippen LogP contribution >= 0.6 is 0 Å². The van der Waals surface area contributed by atoms with Crippen molar-refractivity contribution in [3.05, 3.63) is 35.4 Å². The Bertz CT molecular complexity index is 363. The molecule has 0 aromatic heterocycles. The topological polar surface area (TPSA) is 21.3 Å². The van der Waals surface area contributed by atoms with E-state index >= 15 is 0 Å². The smallest absolute Gasteiger partial charge is 0.126 e. The molecule has 1 heterocycles. The van der Waals surface area contributed by atoms with Gasteiger partial charge in [-0.25, -0.2) is 8.78 Å². The van der Waals surface area contributed by atoms with E-state index in [0.717, 1.165) is 6.07 Å². The molecule has 1 aliphatic heterocycles. The van der Waals surface area contributed by atoms with E-state index < -0.39 is 11.6 Å². The van der Waals surface area contributed by atoms with Crippen LogP contribution in [-0.4, -0.2) is 18.7 Å². The molecule has 1 fully saturated rings. The predicted octanol–water partition coefficient (Wildman–Crippen LogP) is 2.40. The van der Waals surface area contributed by atoms with Gasteiger partial charge in [-0.05, 0) is 31.5 Å². The molecule has 3 unspecified atom stereocenters. The van der Waals surface area contributed by atoms with Crippen LogP contribution in [0.3, 0.4) is 0 Å². The lowest BCUT2D eigenvalue weighted by Crippen LogP contribution is -2.46. The van der Waals surface area contributed by atoms with Crippen molar-refractivity contribution in [3.8, 4) is 0 Å². The summed E-state index contributed by atoms with van der Waals surface area (Å²) in [6.45, 7) is 4.54. The summed E-state index contributed by atoms with van der Waals surface area (Å²) in [6, 6.07) is 3.76. The van der Waals surface area contributed by atoms with Gasteiger partial charge in [0.05, 0.1) is 12.2 Å². The minimum absolute atomic E-state index is 0.0325. The Morgan fingerprint density at radius 2 is 1.81 bits per heavy atom. The van der Waals surface area contributed by atoms with E-state index in [1.165, 1.54) is 12.1 Å². The van der Waals surface area contributed by atoms with E-state index in [2.05, 4.69) is 5.32 Å². The highest BCUT2D eigenvalue weighted by Gasteiger charge is 2.26. The number of ether oxygens (including phenoxy) is 1. The van der Waals surface area contributed by atoms with Gasteiger partial charge in [0.1, 0.15) is 11.6 Å². The summed E-state index contributed by atoms with van der Waals surface area (Å²) in [5, 5.41) is 3.25. The van der Waals surface area contributed by atoms with E-state index in [9.17, 15) is 8.78 Å². The zero-order chi connectivity index (χ0) is 11.7. The molecule has 3 atom stereocenters. The van der Waals surface area contributed by atoms with Crippen LogP contribution in [0.25, 0.3) is 0 Å². The molecule has 1 N–H and O–H groups in total. The Balaban J connectivity index is 2.18. The first-order chi connectivity index (χ1) is 7.56. The summed E-state index contributed by atoms with van der Waals surface area (Å²) in [5.74, 6) is -1.13. The molecule has 1 aliphatic rings. The van der Waals surface area contributed by atoms with Gasteiger partial charge in [0.25, 0.3) is 0 Å². The lowest BCUT2D eigenvalue weighted by Gasteiger charge is -2.34. The van der Waals surface area contributed by atoms with Crippen molar-refractivity contribution in [1.29, 1.82) is 0 Å². The second-order valence-electron chi connectivity index (χ2n) is 4.23. The fraction of sp³-hybridized carbons (Fsp3) is 0.500. The second kappa shape index (κ2) is 4.47. The Hall–Kier alpha value is -1.00. The second-order valence-corrected chi connectivity index (χ2v) is 4.23. The molecule has 1 aromatic rings. The van der Waals surface area contributed by atoms with Crippen LogP contribution in [0.2, 0.25) is 0 Å². The number of nitrogens with one attached hydrogen (secondary N) is 1. The van der Waals surface area contributed by atoms with Crippen LogP contribution in [0.15, 0.2) is 18.2 Å². The fourth-order valence-electron chi connectivity index (χ4n) is 1.84. The van der Waals surface area contributed by atoms with Gasteiger partial charge in [-0.1, -0.05) is 0 Å². The van der Waals surface area contributed by atoms with Crippen molar-refractivity contribution in [2.45, 2.75) is 32.1 Å². The molecule has 0 bridgehead atoms. The molecule has 0 aliphatic carbocycles. The Morgan fingerprint density at radius 1 is 1.19 bits per heavy atom. The lowest BCUT2D eigenvalue weighted by atomic mass is 10.0. The van der Waals surface area contributed by atoms with Crippen LogP contribution in [0.4, 0.5) is 8.78 Å². The van der Waals surface area contributed by atoms with Crippen LogP contribution in [0.5, 0.6) is 0 Å². The standard InChI is InChI=1S/C12H15F2NO/c1-7-8(2)16-12(6-15-7)9-3-10(13)5-11(14)4-9/h3-5,7-8,12,15H,6H2,1-2H3. The molecule has 2 nitrogen and oxygen atoms in total. The molecule has 16 heavy (non-hydrogen) atoms. The number of halogens is 2. The van der Waals surface area contributed by atoms with Gasteiger partial charge >= 0.3 is 0 Å². The molecule has 4 heteroatoms. The summed E-state index contributed by atoms with van der Waals surface area (Å²) >= 11 is 0. The largest absolute Gasteiger partial charge is 0.368 e. The van der Waals surface area contributed by atoms with Crippen molar-refractivity contribution in [2.24, 2.45) is 0 Å². The van der Waals surface area contributed by atoms with Crippen LogP contribution < -0.4 is 5.32 Å². The SMILES string of the molecule is CC1NCC(c2cc(F)cc(F)c2)OC1C. The summed E-state index contributed by atoms with van der Waals surface area (Å²) < 4.78 is 31.8. The van der Waals surface area contributed by atoms with Gasteiger partial charge in [0.2, 0.25) is 0 Å². The van der Waals surface area contributed by atoms with Crippen molar-refractivity contribution in [3.63, 3.8) is 0 Å². The van der Waals surface area contributed by atoms with E-state index in [1.54, 1.807) is 0 Å². The van der Waals surface area contributed by atoms with E-state index in [4.69, 9.17) is 4.74 Å². The number of morpholine rings is 1. The van der Waals surface area contributed by atoms with Crippen LogP contribution in [0, 0.1) is 11.6 Å². The minimum atomic E-state index is -0.565. The molecular formula is C12H15F2NO. The summed E-state index contributed by atoms with van der Waals surface area (Å²) in [5.41, 5.74) is 0.545. The Labute approximate surface area is 93.6 Å². The predicted molar refractivity (Wildman–Crippen MR) is 57.1 cm³/mol. The number of hydrogen-bond donors (Lipinski definition) is 1. The third-order valence-electron chi connectivity index (χ3n) is 2.96. The van der Waals surface area contributed by atoms with Crippen molar-refractivity contribution >= 4 is 0 Å². The first-order valence-electron chi connectivity index (χ1n) is 5.41. The summed E-state index contributed by atoms with van der Waals surface area (Å²) in [6.07, 6.45) is -0.249. The number of rotatable bonds is 1. The number of benzene rings is 1. The molecule has 2 rings (SSSR count). The summed E-state index contributed by atoms with van der Waals surface area (Å²) in [7, 11) is 0. The summed E-state index contributed by atoms with van der Waals surface area (Å²) in [4.78, 5) is 0. The Morgan fingerprint density at radius 3 is 2.38 bits per heavy atom. The molecular weight excluding hydrogens is 212 g/mol. The normalized spacial score (nSPS) is 30.4. The quantitative estimate of drug-likeness (QED) is 0.795. The van der Waals surface area contributed by atoms with Gasteiger partial charge in [0, 0.05) is 18.7 Å². The van der Waals surface area contributed by atoms with Gasteiger partial charge in [-0.2, -0.15) is 0 Å². The maximum absolute atomic E-state index is 13.0. The molecule has 1 saturated heterocycles. The lowest BCUT2D eigenvalue weighted by molar-refractivity contribution is -0.0511. The van der Waals surface area contributed by atoms with Crippen molar-refractivity contribution in [2.75, 3.05) is 6.54 Å². The zero-order valence-electron chi connectivity index (χ0n) is 9.34. The average Bonchev–Trinajstić information content (AvgIpc) is 2.20. The Kier molecular flexibility index (Phi) is 3.21. The molecule has 0 saturated carbocycles. The highest BCUT2D eigenvalue weighted by atomic mass is 19.1. The van der Waals surface area contributed by atoms with E-state index in [0.29, 0.717) is 12.1 Å². The van der Waals surface area contributed by atoms with Crippen molar-refractivity contribution in [1.82, 2.24) is 5.32 Å². The van der Waals surface area contributed by atoms with Gasteiger partial charge in [-0.15, -0.1) is 0 Å². The third kappa shape index (κ3) is 2.39. The zero-order valence-corrected chi connectivity index (χ0v) is 9.34. The number of hydrogen-bond acceptors (Lipinski definition) is 2.